The Morgan fingerprint density at radius 3 is 3.00 bits per heavy atom. The smallest absolute Gasteiger partial charge is 0.222 e. The summed E-state index contributed by atoms with van der Waals surface area (Å²) in [6.45, 7) is 8.00. The van der Waals surface area contributed by atoms with Crippen molar-refractivity contribution in [2.45, 2.75) is 39.8 Å². The number of anilines is 1. The quantitative estimate of drug-likeness (QED) is 0.933. The predicted octanol–water partition coefficient (Wildman–Crippen LogP) is 1.89. The molecule has 2 aromatic rings. The van der Waals surface area contributed by atoms with Crippen LogP contribution in [0.5, 0.6) is 0 Å². The van der Waals surface area contributed by atoms with Gasteiger partial charge in [0.05, 0.1) is 18.3 Å². The van der Waals surface area contributed by atoms with E-state index < -0.39 is 0 Å². The number of aromatic nitrogens is 3. The Morgan fingerprint density at radius 2 is 2.32 bits per heavy atom. The Morgan fingerprint density at radius 1 is 1.50 bits per heavy atom. The number of oxazole rings is 1. The molecule has 7 nitrogen and oxygen atoms in total. The first kappa shape index (κ1) is 14.8. The van der Waals surface area contributed by atoms with E-state index in [0.717, 1.165) is 43.4 Å². The molecule has 2 aromatic heterocycles. The number of carbonyl (C=O) groups excluding carboxylic acids is 1. The summed E-state index contributed by atoms with van der Waals surface area (Å²) in [5.41, 5.74) is 0.956. The molecule has 0 spiro atoms. The molecule has 3 rings (SSSR count). The van der Waals surface area contributed by atoms with Crippen molar-refractivity contribution in [3.05, 3.63) is 29.6 Å². The lowest BCUT2D eigenvalue weighted by atomic mass is 10.3. The minimum atomic E-state index is -0.104. The average molecular weight is 303 g/mol. The average Bonchev–Trinajstić information content (AvgIpc) is 3.12. The largest absolute Gasteiger partial charge is 0.444 e. The zero-order valence-corrected chi connectivity index (χ0v) is 13.2. The second-order valence-corrected chi connectivity index (χ2v) is 5.79. The third-order valence-corrected chi connectivity index (χ3v) is 3.97. The molecule has 118 valence electrons. The minimum absolute atomic E-state index is 0.104. The molecule has 1 fully saturated rings. The molecule has 1 saturated heterocycles. The summed E-state index contributed by atoms with van der Waals surface area (Å²) in [6.07, 6.45) is 2.94. The molecule has 0 saturated carbocycles. The molecule has 3 heterocycles. The van der Waals surface area contributed by atoms with E-state index in [1.807, 2.05) is 30.8 Å². The highest BCUT2D eigenvalue weighted by Gasteiger charge is 2.25. The van der Waals surface area contributed by atoms with Crippen LogP contribution in [-0.4, -0.2) is 38.7 Å². The number of amides is 1. The van der Waals surface area contributed by atoms with Crippen LogP contribution in [0.25, 0.3) is 0 Å². The molecule has 1 amide bonds. The summed E-state index contributed by atoms with van der Waals surface area (Å²) < 4.78 is 7.57. The van der Waals surface area contributed by atoms with E-state index in [9.17, 15) is 4.79 Å². The minimum Gasteiger partial charge on any atom is -0.444 e. The van der Waals surface area contributed by atoms with Crippen molar-refractivity contribution in [3.63, 3.8) is 0 Å². The lowest BCUT2D eigenvalue weighted by Crippen LogP contribution is -2.21. The van der Waals surface area contributed by atoms with E-state index in [0.29, 0.717) is 11.9 Å². The van der Waals surface area contributed by atoms with Gasteiger partial charge in [-0.25, -0.2) is 4.98 Å². The van der Waals surface area contributed by atoms with Gasteiger partial charge in [-0.3, -0.25) is 14.4 Å². The zero-order chi connectivity index (χ0) is 15.7. The van der Waals surface area contributed by atoms with Gasteiger partial charge >= 0.3 is 0 Å². The van der Waals surface area contributed by atoms with Crippen LogP contribution in [0.15, 0.2) is 16.7 Å². The van der Waals surface area contributed by atoms with Crippen molar-refractivity contribution in [3.8, 4) is 0 Å². The van der Waals surface area contributed by atoms with Crippen molar-refractivity contribution >= 4 is 11.7 Å². The standard InChI is InChI=1S/C15H21N5O2/c1-10-11(2)22-15(16-10)9-19-6-4-13(8-19)20-7-5-14(18-20)17-12(3)21/h5,7,13H,4,6,8-9H2,1-3H3,(H,17,18,21)/t13-/m1/s1. The van der Waals surface area contributed by atoms with E-state index in [-0.39, 0.29) is 5.91 Å². The third-order valence-electron chi connectivity index (χ3n) is 3.97. The van der Waals surface area contributed by atoms with Crippen molar-refractivity contribution < 1.29 is 9.21 Å². The molecule has 0 bridgehead atoms. The lowest BCUT2D eigenvalue weighted by molar-refractivity contribution is -0.114. The van der Waals surface area contributed by atoms with Crippen molar-refractivity contribution in [2.75, 3.05) is 18.4 Å². The topological polar surface area (TPSA) is 76.2 Å². The molecule has 0 radical (unpaired) electrons. The van der Waals surface area contributed by atoms with Crippen molar-refractivity contribution in [1.82, 2.24) is 19.7 Å². The number of hydrogen-bond donors (Lipinski definition) is 1. The van der Waals surface area contributed by atoms with Gasteiger partial charge in [0, 0.05) is 32.3 Å². The number of aryl methyl sites for hydroxylation is 2. The van der Waals surface area contributed by atoms with Crippen LogP contribution in [0.2, 0.25) is 0 Å². The Bertz CT molecular complexity index is 656. The number of likely N-dealkylation sites (tertiary alicyclic amines) is 1. The van der Waals surface area contributed by atoms with Gasteiger partial charge in [0.1, 0.15) is 5.76 Å². The van der Waals surface area contributed by atoms with Gasteiger partial charge in [-0.2, -0.15) is 5.10 Å². The van der Waals surface area contributed by atoms with Gasteiger partial charge in [-0.15, -0.1) is 0 Å². The van der Waals surface area contributed by atoms with Gasteiger partial charge < -0.3 is 9.73 Å². The molecule has 1 atom stereocenters. The van der Waals surface area contributed by atoms with Gasteiger partial charge in [0.15, 0.2) is 5.82 Å². The van der Waals surface area contributed by atoms with Crippen LogP contribution in [0.3, 0.4) is 0 Å². The normalized spacial score (nSPS) is 18.8. The molecule has 1 aliphatic heterocycles. The summed E-state index contributed by atoms with van der Waals surface area (Å²) in [5, 5.41) is 7.11. The number of nitrogens with one attached hydrogen (secondary N) is 1. The molecule has 22 heavy (non-hydrogen) atoms. The maximum atomic E-state index is 11.0. The second-order valence-electron chi connectivity index (χ2n) is 5.79. The first-order chi connectivity index (χ1) is 10.5. The van der Waals surface area contributed by atoms with Crippen LogP contribution in [0.4, 0.5) is 5.82 Å². The van der Waals surface area contributed by atoms with Gasteiger partial charge in [-0.05, 0) is 20.3 Å². The fourth-order valence-corrected chi connectivity index (χ4v) is 2.76. The maximum Gasteiger partial charge on any atom is 0.222 e. The van der Waals surface area contributed by atoms with Crippen molar-refractivity contribution in [2.24, 2.45) is 0 Å². The summed E-state index contributed by atoms with van der Waals surface area (Å²) in [5.74, 6) is 2.16. The fraction of sp³-hybridized carbons (Fsp3) is 0.533. The van der Waals surface area contributed by atoms with Crippen molar-refractivity contribution in [1.29, 1.82) is 0 Å². The predicted molar refractivity (Wildman–Crippen MR) is 81.4 cm³/mol. The van der Waals surface area contributed by atoms with Crippen LogP contribution in [0.1, 0.15) is 36.7 Å². The molecule has 7 heteroatoms. The Balaban J connectivity index is 1.59. The first-order valence-electron chi connectivity index (χ1n) is 7.49. The number of carbonyl (C=O) groups is 1. The molecule has 0 aliphatic carbocycles. The number of hydrogen-bond acceptors (Lipinski definition) is 5. The van der Waals surface area contributed by atoms with Crippen LogP contribution >= 0.6 is 0 Å². The van der Waals surface area contributed by atoms with E-state index in [2.05, 4.69) is 20.3 Å². The highest BCUT2D eigenvalue weighted by Crippen LogP contribution is 2.23. The Hall–Kier alpha value is -2.15. The molecular formula is C15H21N5O2. The second kappa shape index (κ2) is 5.92. The number of nitrogens with zero attached hydrogens (tertiary/aromatic N) is 4. The van der Waals surface area contributed by atoms with Gasteiger partial charge in [0.2, 0.25) is 11.8 Å². The van der Waals surface area contributed by atoms with Crippen LogP contribution in [-0.2, 0) is 11.3 Å². The Kier molecular flexibility index (Phi) is 3.98. The zero-order valence-electron chi connectivity index (χ0n) is 13.2. The molecular weight excluding hydrogens is 282 g/mol. The SMILES string of the molecule is CC(=O)Nc1ccn([C@@H]2CCN(Cc3nc(C)c(C)o3)C2)n1. The van der Waals surface area contributed by atoms with E-state index >= 15 is 0 Å². The molecule has 1 aliphatic rings. The molecule has 0 aromatic carbocycles. The van der Waals surface area contributed by atoms with Gasteiger partial charge in [0.25, 0.3) is 0 Å². The van der Waals surface area contributed by atoms with Crippen LogP contribution in [0, 0.1) is 13.8 Å². The Labute approximate surface area is 129 Å². The fourth-order valence-electron chi connectivity index (χ4n) is 2.76. The third kappa shape index (κ3) is 3.19. The summed E-state index contributed by atoms with van der Waals surface area (Å²) in [6, 6.07) is 2.14. The highest BCUT2D eigenvalue weighted by atomic mass is 16.4. The molecule has 0 unspecified atom stereocenters. The highest BCUT2D eigenvalue weighted by molar-refractivity contribution is 5.87. The van der Waals surface area contributed by atoms with E-state index in [1.165, 1.54) is 6.92 Å². The van der Waals surface area contributed by atoms with Crippen LogP contribution < -0.4 is 5.32 Å². The monoisotopic (exact) mass is 303 g/mol. The first-order valence-corrected chi connectivity index (χ1v) is 7.49. The maximum absolute atomic E-state index is 11.0. The summed E-state index contributed by atoms with van der Waals surface area (Å²) >= 11 is 0. The van der Waals surface area contributed by atoms with E-state index in [1.54, 1.807) is 0 Å². The summed E-state index contributed by atoms with van der Waals surface area (Å²) in [4.78, 5) is 17.8. The molecule has 1 N–H and O–H groups in total. The summed E-state index contributed by atoms with van der Waals surface area (Å²) in [7, 11) is 0. The van der Waals surface area contributed by atoms with E-state index in [4.69, 9.17) is 4.42 Å². The van der Waals surface area contributed by atoms with Gasteiger partial charge in [-0.1, -0.05) is 0 Å². The number of rotatable bonds is 4. The lowest BCUT2D eigenvalue weighted by Gasteiger charge is -2.14.